The molecule has 0 amide bonds. The maximum absolute atomic E-state index is 6.11. The van der Waals surface area contributed by atoms with Gasteiger partial charge < -0.3 is 15.2 Å². The summed E-state index contributed by atoms with van der Waals surface area (Å²) in [5.41, 5.74) is 9.99. The van der Waals surface area contributed by atoms with Crippen LogP contribution in [0.25, 0.3) is 11.0 Å². The molecule has 26 heavy (non-hydrogen) atoms. The Morgan fingerprint density at radius 2 is 2.15 bits per heavy atom. The fraction of sp³-hybridized carbons (Fsp3) is 0.263. The number of nitrogens with zero attached hydrogens (tertiary/aromatic N) is 3. The van der Waals surface area contributed by atoms with Crippen molar-refractivity contribution in [1.29, 1.82) is 0 Å². The molecule has 1 aromatic heterocycles. The highest BCUT2D eigenvalue weighted by Crippen LogP contribution is 2.43. The molecule has 0 bridgehead atoms. The van der Waals surface area contributed by atoms with Crippen LogP contribution in [0.3, 0.4) is 0 Å². The molecule has 0 radical (unpaired) electrons. The van der Waals surface area contributed by atoms with Crippen molar-refractivity contribution in [2.45, 2.75) is 25.6 Å². The van der Waals surface area contributed by atoms with E-state index in [0.717, 1.165) is 40.1 Å². The normalized spacial score (nSPS) is 20.8. The van der Waals surface area contributed by atoms with Crippen molar-refractivity contribution in [3.8, 4) is 11.5 Å². The summed E-state index contributed by atoms with van der Waals surface area (Å²) >= 11 is 0. The summed E-state index contributed by atoms with van der Waals surface area (Å²) in [4.78, 5) is 9.31. The van der Waals surface area contributed by atoms with Crippen molar-refractivity contribution >= 4 is 22.9 Å². The van der Waals surface area contributed by atoms with E-state index < -0.39 is 0 Å². The van der Waals surface area contributed by atoms with Gasteiger partial charge in [-0.15, -0.1) is 0 Å². The summed E-state index contributed by atoms with van der Waals surface area (Å²) in [5, 5.41) is 3.06. The van der Waals surface area contributed by atoms with E-state index in [4.69, 9.17) is 15.2 Å². The van der Waals surface area contributed by atoms with Crippen LogP contribution in [0.15, 0.2) is 41.4 Å². The summed E-state index contributed by atoms with van der Waals surface area (Å²) in [5.74, 6) is 2.66. The number of rotatable bonds is 2. The summed E-state index contributed by atoms with van der Waals surface area (Å²) in [7, 11) is 1.67. The minimum Gasteiger partial charge on any atom is -0.497 e. The second-order valence-electron chi connectivity index (χ2n) is 6.64. The molecule has 2 unspecified atom stereocenters. The number of hydrogen-bond donors (Lipinski definition) is 2. The molecule has 3 heterocycles. The van der Waals surface area contributed by atoms with Crippen molar-refractivity contribution in [3.63, 3.8) is 0 Å². The molecule has 0 saturated carbocycles. The first-order valence-corrected chi connectivity index (χ1v) is 8.59. The molecule has 0 fully saturated rings. The van der Waals surface area contributed by atoms with Crippen molar-refractivity contribution < 1.29 is 9.47 Å². The number of hydrogen-bond acceptors (Lipinski definition) is 6. The lowest BCUT2D eigenvalue weighted by atomic mass is 10.0. The van der Waals surface area contributed by atoms with E-state index >= 15 is 0 Å². The Labute approximate surface area is 150 Å². The molecule has 2 aliphatic rings. The van der Waals surface area contributed by atoms with Gasteiger partial charge in [0.05, 0.1) is 18.1 Å². The Kier molecular flexibility index (Phi) is 3.12. The van der Waals surface area contributed by atoms with E-state index in [1.54, 1.807) is 7.11 Å². The van der Waals surface area contributed by atoms with Gasteiger partial charge in [0.1, 0.15) is 17.6 Å². The van der Waals surface area contributed by atoms with E-state index in [0.29, 0.717) is 11.9 Å². The molecule has 132 valence electrons. The van der Waals surface area contributed by atoms with Gasteiger partial charge in [-0.25, -0.2) is 9.98 Å². The Bertz CT molecular complexity index is 1060. The summed E-state index contributed by atoms with van der Waals surface area (Å²) in [6.45, 7) is 2.06. The van der Waals surface area contributed by atoms with Gasteiger partial charge in [-0.2, -0.15) is 0 Å². The number of nitrogens with one attached hydrogen (secondary N) is 1. The van der Waals surface area contributed by atoms with Crippen molar-refractivity contribution in [3.05, 3.63) is 47.5 Å². The number of aromatic nitrogens is 2. The van der Waals surface area contributed by atoms with Crippen molar-refractivity contribution in [2.24, 2.45) is 10.7 Å². The van der Waals surface area contributed by atoms with Crippen molar-refractivity contribution in [1.82, 2.24) is 9.55 Å². The van der Waals surface area contributed by atoms with Gasteiger partial charge in [0.25, 0.3) is 0 Å². The standard InChI is InChI=1S/C19H19N5O2/c1-10-7-11-8-12(25-2)9-13(16(11)26-10)17-22-18(20)23-19-21-14-5-3-4-6-15(14)24(17)19/h3-6,8-10,17H,7H2,1-2H3,(H3,20,21,22,23). The first-order chi connectivity index (χ1) is 12.6. The lowest BCUT2D eigenvalue weighted by molar-refractivity contribution is 0.251. The van der Waals surface area contributed by atoms with Crippen LogP contribution in [0.4, 0.5) is 5.95 Å². The summed E-state index contributed by atoms with van der Waals surface area (Å²) in [6.07, 6.45) is 0.604. The van der Waals surface area contributed by atoms with Gasteiger partial charge in [0.15, 0.2) is 12.1 Å². The molecule has 0 spiro atoms. The van der Waals surface area contributed by atoms with Gasteiger partial charge in [0, 0.05) is 17.5 Å². The second-order valence-corrected chi connectivity index (χ2v) is 6.64. The highest BCUT2D eigenvalue weighted by Gasteiger charge is 2.32. The maximum Gasteiger partial charge on any atom is 0.212 e. The maximum atomic E-state index is 6.11. The molecule has 7 nitrogen and oxygen atoms in total. The molecular weight excluding hydrogens is 330 g/mol. The Morgan fingerprint density at radius 3 is 3.00 bits per heavy atom. The molecule has 0 saturated heterocycles. The van der Waals surface area contributed by atoms with Crippen LogP contribution in [0.1, 0.15) is 24.2 Å². The van der Waals surface area contributed by atoms with E-state index in [1.165, 1.54) is 0 Å². The minimum absolute atomic E-state index is 0.123. The number of guanidine groups is 1. The first kappa shape index (κ1) is 15.1. The van der Waals surface area contributed by atoms with E-state index in [-0.39, 0.29) is 12.3 Å². The predicted molar refractivity (Wildman–Crippen MR) is 99.9 cm³/mol. The third kappa shape index (κ3) is 2.13. The topological polar surface area (TPSA) is 86.7 Å². The zero-order valence-electron chi connectivity index (χ0n) is 14.6. The van der Waals surface area contributed by atoms with Crippen LogP contribution in [-0.2, 0) is 6.42 Å². The molecule has 5 rings (SSSR count). The highest BCUT2D eigenvalue weighted by atomic mass is 16.5. The Hall–Kier alpha value is -3.22. The molecule has 2 aliphatic heterocycles. The largest absolute Gasteiger partial charge is 0.497 e. The quantitative estimate of drug-likeness (QED) is 0.743. The number of nitrogens with two attached hydrogens (primary N) is 1. The Morgan fingerprint density at radius 1 is 1.31 bits per heavy atom. The van der Waals surface area contributed by atoms with Crippen LogP contribution in [0.2, 0.25) is 0 Å². The first-order valence-electron chi connectivity index (χ1n) is 8.59. The van der Waals surface area contributed by atoms with Gasteiger partial charge in [-0.3, -0.25) is 9.88 Å². The average Bonchev–Trinajstić information content (AvgIpc) is 3.18. The second kappa shape index (κ2) is 5.39. The van der Waals surface area contributed by atoms with E-state index in [1.807, 2.05) is 41.0 Å². The number of ether oxygens (including phenoxy) is 2. The number of aliphatic imine (C=N–C) groups is 1. The predicted octanol–water partition coefficient (Wildman–Crippen LogP) is 2.66. The third-order valence-electron chi connectivity index (χ3n) is 4.85. The zero-order chi connectivity index (χ0) is 17.8. The van der Waals surface area contributed by atoms with Gasteiger partial charge in [0.2, 0.25) is 5.95 Å². The number of fused-ring (bicyclic) bond motifs is 4. The molecule has 3 aromatic rings. The van der Waals surface area contributed by atoms with Crippen LogP contribution < -0.4 is 20.5 Å². The van der Waals surface area contributed by atoms with Crippen LogP contribution in [0.5, 0.6) is 11.5 Å². The number of methoxy groups -OCH3 is 1. The molecule has 3 N–H and O–H groups in total. The van der Waals surface area contributed by atoms with Gasteiger partial charge >= 0.3 is 0 Å². The third-order valence-corrected chi connectivity index (χ3v) is 4.85. The summed E-state index contributed by atoms with van der Waals surface area (Å²) in [6, 6.07) is 12.0. The summed E-state index contributed by atoms with van der Waals surface area (Å²) < 4.78 is 13.7. The van der Waals surface area contributed by atoms with Crippen LogP contribution in [-0.4, -0.2) is 28.7 Å². The smallest absolute Gasteiger partial charge is 0.212 e. The van der Waals surface area contributed by atoms with Crippen molar-refractivity contribution in [2.75, 3.05) is 12.4 Å². The molecule has 0 aliphatic carbocycles. The number of anilines is 1. The van der Waals surface area contributed by atoms with Crippen LogP contribution in [0, 0.1) is 0 Å². The van der Waals surface area contributed by atoms with E-state index in [2.05, 4.69) is 22.2 Å². The number of benzene rings is 2. The molecular formula is C19H19N5O2. The zero-order valence-corrected chi connectivity index (χ0v) is 14.6. The minimum atomic E-state index is -0.368. The van der Waals surface area contributed by atoms with Crippen LogP contribution >= 0.6 is 0 Å². The lowest BCUT2D eigenvalue weighted by Crippen LogP contribution is -2.31. The molecule has 7 heteroatoms. The lowest BCUT2D eigenvalue weighted by Gasteiger charge is -2.25. The van der Waals surface area contributed by atoms with Gasteiger partial charge in [-0.1, -0.05) is 12.1 Å². The van der Waals surface area contributed by atoms with E-state index in [9.17, 15) is 0 Å². The number of para-hydroxylation sites is 2. The highest BCUT2D eigenvalue weighted by molar-refractivity contribution is 5.94. The molecule has 2 aromatic carbocycles. The Balaban J connectivity index is 1.77. The fourth-order valence-corrected chi connectivity index (χ4v) is 3.77. The monoisotopic (exact) mass is 349 g/mol. The number of imidazole rings is 1. The fourth-order valence-electron chi connectivity index (χ4n) is 3.77. The molecule has 2 atom stereocenters. The van der Waals surface area contributed by atoms with Gasteiger partial charge in [-0.05, 0) is 31.2 Å². The average molecular weight is 349 g/mol. The SMILES string of the molecule is COc1cc2c(c(C3N=C(N)Nc4nc5ccccc5n43)c1)OC(C)C2.